The van der Waals surface area contributed by atoms with Gasteiger partial charge in [0.2, 0.25) is 5.91 Å². The van der Waals surface area contributed by atoms with Crippen LogP contribution in [0.25, 0.3) is 0 Å². The third kappa shape index (κ3) is 4.28. The summed E-state index contributed by atoms with van der Waals surface area (Å²) in [6, 6.07) is 8.00. The van der Waals surface area contributed by atoms with E-state index < -0.39 is 0 Å². The second-order valence-corrected chi connectivity index (χ2v) is 6.97. The average molecular weight is 294 g/mol. The Labute approximate surface area is 122 Å². The number of aryl methyl sites for hydroxylation is 1. The summed E-state index contributed by atoms with van der Waals surface area (Å²) in [5.41, 5.74) is 2.13. The number of anilines is 1. The molecule has 3 nitrogen and oxygen atoms in total. The van der Waals surface area contributed by atoms with E-state index in [0.29, 0.717) is 0 Å². The van der Waals surface area contributed by atoms with Crippen LogP contribution in [0.4, 0.5) is 5.69 Å². The molecule has 0 saturated heterocycles. The molecular formula is C14H18N2OS2. The van der Waals surface area contributed by atoms with Crippen molar-refractivity contribution >= 4 is 39.5 Å². The molecule has 1 aromatic carbocycles. The molecule has 0 bridgehead atoms. The lowest BCUT2D eigenvalue weighted by atomic mass is 10.1. The van der Waals surface area contributed by atoms with Gasteiger partial charge in [0.25, 0.3) is 0 Å². The fourth-order valence-electron chi connectivity index (χ4n) is 1.66. The number of nitrogens with zero attached hydrogens (tertiary/aromatic N) is 1. The Kier molecular flexibility index (Phi) is 5.34. The molecule has 0 aromatic heterocycles. The highest BCUT2D eigenvalue weighted by Gasteiger charge is 2.18. The first-order valence-corrected chi connectivity index (χ1v) is 8.29. The molecule has 0 saturated carbocycles. The number of hydrogen-bond acceptors (Lipinski definition) is 4. The van der Waals surface area contributed by atoms with E-state index in [1.54, 1.807) is 23.5 Å². The van der Waals surface area contributed by atoms with Crippen molar-refractivity contribution in [3.05, 3.63) is 29.8 Å². The van der Waals surface area contributed by atoms with Crippen molar-refractivity contribution in [2.24, 2.45) is 4.99 Å². The van der Waals surface area contributed by atoms with Crippen LogP contribution >= 0.6 is 23.5 Å². The van der Waals surface area contributed by atoms with Crippen molar-refractivity contribution in [1.82, 2.24) is 0 Å². The summed E-state index contributed by atoms with van der Waals surface area (Å²) >= 11 is 3.28. The molecule has 1 atom stereocenters. The van der Waals surface area contributed by atoms with Gasteiger partial charge >= 0.3 is 0 Å². The zero-order valence-electron chi connectivity index (χ0n) is 11.2. The van der Waals surface area contributed by atoms with Gasteiger partial charge in [-0.15, -0.1) is 0 Å². The van der Waals surface area contributed by atoms with Gasteiger partial charge in [0.05, 0.1) is 11.8 Å². The fraction of sp³-hybridized carbons (Fsp3) is 0.429. The van der Waals surface area contributed by atoms with E-state index in [1.807, 2.05) is 31.2 Å². The van der Waals surface area contributed by atoms with Crippen LogP contribution in [0.15, 0.2) is 29.3 Å². The maximum absolute atomic E-state index is 12.1. The zero-order chi connectivity index (χ0) is 13.7. The Morgan fingerprint density at radius 1 is 1.47 bits per heavy atom. The van der Waals surface area contributed by atoms with Crippen LogP contribution in [0.2, 0.25) is 0 Å². The lowest BCUT2D eigenvalue weighted by Crippen LogP contribution is -2.23. The van der Waals surface area contributed by atoms with Crippen LogP contribution in [-0.4, -0.2) is 27.8 Å². The number of thioether (sulfide) groups is 2. The van der Waals surface area contributed by atoms with Gasteiger partial charge in [-0.25, -0.2) is 0 Å². The second-order valence-electron chi connectivity index (χ2n) is 4.30. The van der Waals surface area contributed by atoms with Gasteiger partial charge in [0.15, 0.2) is 0 Å². The first-order valence-electron chi connectivity index (χ1n) is 6.42. The van der Waals surface area contributed by atoms with E-state index in [-0.39, 0.29) is 11.2 Å². The van der Waals surface area contributed by atoms with Crippen LogP contribution in [0.5, 0.6) is 0 Å². The van der Waals surface area contributed by atoms with Gasteiger partial charge in [-0.05, 0) is 31.0 Å². The van der Waals surface area contributed by atoms with E-state index in [1.165, 1.54) is 5.56 Å². The third-order valence-corrected chi connectivity index (χ3v) is 5.14. The molecule has 1 N–H and O–H groups in total. The van der Waals surface area contributed by atoms with Crippen molar-refractivity contribution in [1.29, 1.82) is 0 Å². The number of rotatable bonds is 4. The van der Waals surface area contributed by atoms with Gasteiger partial charge in [0, 0.05) is 11.4 Å². The van der Waals surface area contributed by atoms with Crippen molar-refractivity contribution in [2.75, 3.05) is 17.6 Å². The summed E-state index contributed by atoms with van der Waals surface area (Å²) < 4.78 is 1.03. The molecule has 102 valence electrons. The van der Waals surface area contributed by atoms with Gasteiger partial charge in [-0.3, -0.25) is 9.79 Å². The maximum atomic E-state index is 12.1. The number of carbonyl (C=O) groups excluding carboxylic acids is 1. The van der Waals surface area contributed by atoms with Crippen molar-refractivity contribution in [3.63, 3.8) is 0 Å². The molecule has 1 amide bonds. The van der Waals surface area contributed by atoms with E-state index >= 15 is 0 Å². The minimum atomic E-state index is -0.116. The van der Waals surface area contributed by atoms with E-state index in [4.69, 9.17) is 0 Å². The Balaban J connectivity index is 1.88. The van der Waals surface area contributed by atoms with Crippen LogP contribution in [0, 0.1) is 0 Å². The second kappa shape index (κ2) is 7.01. The summed E-state index contributed by atoms with van der Waals surface area (Å²) in [4.78, 5) is 16.4. The Morgan fingerprint density at radius 2 is 2.21 bits per heavy atom. The van der Waals surface area contributed by atoms with E-state index in [9.17, 15) is 4.79 Å². The molecule has 1 aliphatic heterocycles. The highest BCUT2D eigenvalue weighted by atomic mass is 32.2. The molecule has 0 unspecified atom stereocenters. The highest BCUT2D eigenvalue weighted by molar-refractivity contribution is 8.39. The van der Waals surface area contributed by atoms with Crippen LogP contribution in [0.3, 0.4) is 0 Å². The highest BCUT2D eigenvalue weighted by Crippen LogP contribution is 2.26. The molecule has 1 aromatic rings. The molecule has 1 aliphatic rings. The zero-order valence-corrected chi connectivity index (χ0v) is 12.8. The van der Waals surface area contributed by atoms with Gasteiger partial charge in [0.1, 0.15) is 4.38 Å². The first-order chi connectivity index (χ1) is 9.19. The monoisotopic (exact) mass is 294 g/mol. The van der Waals surface area contributed by atoms with Gasteiger partial charge < -0.3 is 5.32 Å². The third-order valence-electron chi connectivity index (χ3n) is 2.83. The van der Waals surface area contributed by atoms with Crippen molar-refractivity contribution in [3.8, 4) is 0 Å². The molecule has 0 radical (unpaired) electrons. The largest absolute Gasteiger partial charge is 0.325 e. The van der Waals surface area contributed by atoms with Crippen molar-refractivity contribution in [2.45, 2.75) is 25.5 Å². The molecule has 0 aliphatic carbocycles. The van der Waals surface area contributed by atoms with E-state index in [2.05, 4.69) is 17.2 Å². The average Bonchev–Trinajstić information content (AvgIpc) is 2.92. The molecule has 19 heavy (non-hydrogen) atoms. The minimum Gasteiger partial charge on any atom is -0.325 e. The number of hydrogen-bond donors (Lipinski definition) is 1. The normalized spacial score (nSPS) is 16.0. The summed E-state index contributed by atoms with van der Waals surface area (Å²) in [5, 5.41) is 2.83. The topological polar surface area (TPSA) is 41.5 Å². The summed E-state index contributed by atoms with van der Waals surface area (Å²) in [7, 11) is 0. The van der Waals surface area contributed by atoms with Crippen LogP contribution < -0.4 is 5.32 Å². The molecular weight excluding hydrogens is 276 g/mol. The number of amides is 1. The smallest absolute Gasteiger partial charge is 0.237 e. The Morgan fingerprint density at radius 3 is 2.79 bits per heavy atom. The Hall–Kier alpha value is -0.940. The minimum absolute atomic E-state index is 0.0319. The molecule has 0 spiro atoms. The Bertz CT molecular complexity index is 471. The number of nitrogens with one attached hydrogen (secondary N) is 1. The number of benzene rings is 1. The molecule has 1 heterocycles. The molecule has 0 fully saturated rings. The predicted octanol–water partition coefficient (Wildman–Crippen LogP) is 3.41. The lowest BCUT2D eigenvalue weighted by molar-refractivity contribution is -0.115. The number of aliphatic imine (C=N–C) groups is 1. The first kappa shape index (κ1) is 14.5. The van der Waals surface area contributed by atoms with Gasteiger partial charge in [-0.1, -0.05) is 42.6 Å². The van der Waals surface area contributed by atoms with Crippen LogP contribution in [-0.2, 0) is 11.2 Å². The fourth-order valence-corrected chi connectivity index (χ4v) is 3.79. The SMILES string of the molecule is CCc1ccc(NC(=O)[C@H](C)SC2=NCCS2)cc1. The quantitative estimate of drug-likeness (QED) is 0.925. The van der Waals surface area contributed by atoms with Crippen LogP contribution in [0.1, 0.15) is 19.4 Å². The number of carbonyl (C=O) groups is 1. The van der Waals surface area contributed by atoms with Gasteiger partial charge in [-0.2, -0.15) is 0 Å². The lowest BCUT2D eigenvalue weighted by Gasteiger charge is -2.11. The predicted molar refractivity (Wildman–Crippen MR) is 86.3 cm³/mol. The molecule has 5 heteroatoms. The standard InChI is InChI=1S/C14H18N2OS2/c1-3-11-4-6-12(7-5-11)16-13(17)10(2)19-14-15-8-9-18-14/h4-7,10H,3,8-9H2,1-2H3,(H,16,17)/t10-/m0/s1. The molecule has 2 rings (SSSR count). The summed E-state index contributed by atoms with van der Waals surface area (Å²) in [6.07, 6.45) is 1.01. The van der Waals surface area contributed by atoms with E-state index in [0.717, 1.165) is 28.8 Å². The summed E-state index contributed by atoms with van der Waals surface area (Å²) in [5.74, 6) is 1.07. The maximum Gasteiger partial charge on any atom is 0.237 e. The van der Waals surface area contributed by atoms with Crippen molar-refractivity contribution < 1.29 is 4.79 Å². The summed E-state index contributed by atoms with van der Waals surface area (Å²) in [6.45, 7) is 4.91.